The van der Waals surface area contributed by atoms with Gasteiger partial charge in [-0.1, -0.05) is 36.4 Å². The molecule has 1 atom stereocenters. The summed E-state index contributed by atoms with van der Waals surface area (Å²) in [5, 5.41) is 4.89. The van der Waals surface area contributed by atoms with E-state index in [0.717, 1.165) is 16.5 Å². The predicted molar refractivity (Wildman–Crippen MR) is 107 cm³/mol. The van der Waals surface area contributed by atoms with Crippen LogP contribution in [0.5, 0.6) is 0 Å². The Kier molecular flexibility index (Phi) is 4.53. The van der Waals surface area contributed by atoms with Crippen LogP contribution in [-0.2, 0) is 9.53 Å². The van der Waals surface area contributed by atoms with Gasteiger partial charge >= 0.3 is 5.97 Å². The summed E-state index contributed by atoms with van der Waals surface area (Å²) in [7, 11) is 0. The lowest BCUT2D eigenvalue weighted by Gasteiger charge is -2.13. The summed E-state index contributed by atoms with van der Waals surface area (Å²) in [6, 6.07) is 19.1. The highest BCUT2D eigenvalue weighted by Crippen LogP contribution is 2.19. The van der Waals surface area contributed by atoms with Gasteiger partial charge in [-0.15, -0.1) is 0 Å². The van der Waals surface area contributed by atoms with Crippen LogP contribution in [0.25, 0.3) is 16.4 Å². The van der Waals surface area contributed by atoms with Crippen molar-refractivity contribution in [2.24, 2.45) is 0 Å². The zero-order valence-electron chi connectivity index (χ0n) is 15.5. The van der Waals surface area contributed by atoms with Crippen LogP contribution in [0.15, 0.2) is 66.9 Å². The number of hydrogen-bond donors (Lipinski definition) is 1. The second kappa shape index (κ2) is 7.15. The summed E-state index contributed by atoms with van der Waals surface area (Å²) in [5.41, 5.74) is 2.42. The minimum Gasteiger partial charge on any atom is -0.448 e. The number of esters is 1. The van der Waals surface area contributed by atoms with Crippen LogP contribution < -0.4 is 5.32 Å². The van der Waals surface area contributed by atoms with Crippen molar-refractivity contribution in [2.45, 2.75) is 20.0 Å². The number of anilines is 1. The fourth-order valence-corrected chi connectivity index (χ4v) is 3.03. The Balaban J connectivity index is 1.45. The van der Waals surface area contributed by atoms with E-state index in [9.17, 15) is 9.59 Å². The third-order valence-corrected chi connectivity index (χ3v) is 4.58. The number of ether oxygens (including phenoxy) is 1. The van der Waals surface area contributed by atoms with Crippen LogP contribution >= 0.6 is 0 Å². The minimum absolute atomic E-state index is 0.166. The number of hydrogen-bond acceptors (Lipinski definition) is 4. The van der Waals surface area contributed by atoms with E-state index in [1.807, 2.05) is 61.5 Å². The molecule has 0 aliphatic rings. The van der Waals surface area contributed by atoms with E-state index in [1.165, 1.54) is 6.92 Å². The van der Waals surface area contributed by atoms with E-state index in [2.05, 4.69) is 10.3 Å². The fourth-order valence-electron chi connectivity index (χ4n) is 3.03. The molecule has 0 aliphatic heterocycles. The van der Waals surface area contributed by atoms with E-state index < -0.39 is 18.0 Å². The van der Waals surface area contributed by atoms with E-state index in [-0.39, 0.29) is 5.69 Å². The summed E-state index contributed by atoms with van der Waals surface area (Å²) >= 11 is 0. The SMILES string of the molecule is Cc1cccc2nc(C(=O)O[C@H](C)C(=O)Nc3ccc4ccccc4c3)cn12. The molecule has 0 fully saturated rings. The van der Waals surface area contributed by atoms with Gasteiger partial charge in [-0.25, -0.2) is 9.78 Å². The van der Waals surface area contributed by atoms with Crippen molar-refractivity contribution in [2.75, 3.05) is 5.32 Å². The van der Waals surface area contributed by atoms with Crippen LogP contribution in [-0.4, -0.2) is 27.4 Å². The van der Waals surface area contributed by atoms with Gasteiger partial charge in [0.2, 0.25) is 0 Å². The lowest BCUT2D eigenvalue weighted by molar-refractivity contribution is -0.123. The summed E-state index contributed by atoms with van der Waals surface area (Å²) in [4.78, 5) is 29.1. The first-order chi connectivity index (χ1) is 13.5. The van der Waals surface area contributed by atoms with Gasteiger partial charge in [-0.05, 0) is 48.9 Å². The van der Waals surface area contributed by atoms with Gasteiger partial charge in [-0.2, -0.15) is 0 Å². The van der Waals surface area contributed by atoms with Crippen molar-refractivity contribution in [1.29, 1.82) is 0 Å². The van der Waals surface area contributed by atoms with Crippen LogP contribution in [0.1, 0.15) is 23.1 Å². The third kappa shape index (κ3) is 3.44. The smallest absolute Gasteiger partial charge is 0.359 e. The average Bonchev–Trinajstić information content (AvgIpc) is 3.14. The number of carbonyl (C=O) groups is 2. The minimum atomic E-state index is -0.954. The van der Waals surface area contributed by atoms with Crippen molar-refractivity contribution in [3.63, 3.8) is 0 Å². The topological polar surface area (TPSA) is 72.7 Å². The monoisotopic (exact) mass is 373 g/mol. The zero-order valence-corrected chi connectivity index (χ0v) is 15.5. The van der Waals surface area contributed by atoms with Crippen LogP contribution in [0.2, 0.25) is 0 Å². The van der Waals surface area contributed by atoms with E-state index in [4.69, 9.17) is 4.74 Å². The first-order valence-corrected chi connectivity index (χ1v) is 8.96. The molecule has 0 saturated heterocycles. The van der Waals surface area contributed by atoms with Gasteiger partial charge < -0.3 is 14.5 Å². The van der Waals surface area contributed by atoms with Gasteiger partial charge in [0.25, 0.3) is 5.91 Å². The van der Waals surface area contributed by atoms with Crippen molar-refractivity contribution < 1.29 is 14.3 Å². The molecule has 2 aromatic heterocycles. The molecule has 0 radical (unpaired) electrons. The summed E-state index contributed by atoms with van der Waals surface area (Å²) in [6.07, 6.45) is 0.658. The second-order valence-electron chi connectivity index (χ2n) is 6.62. The van der Waals surface area contributed by atoms with Crippen LogP contribution in [0.3, 0.4) is 0 Å². The van der Waals surface area contributed by atoms with Gasteiger partial charge in [0.1, 0.15) is 5.65 Å². The Morgan fingerprint density at radius 2 is 1.82 bits per heavy atom. The Morgan fingerprint density at radius 3 is 2.61 bits per heavy atom. The predicted octanol–water partition coefficient (Wildman–Crippen LogP) is 3.98. The molecule has 0 saturated carbocycles. The lowest BCUT2D eigenvalue weighted by atomic mass is 10.1. The first-order valence-electron chi connectivity index (χ1n) is 8.96. The highest BCUT2D eigenvalue weighted by Gasteiger charge is 2.21. The van der Waals surface area contributed by atoms with Crippen LogP contribution in [0.4, 0.5) is 5.69 Å². The molecule has 6 heteroatoms. The molecular formula is C22H19N3O3. The lowest BCUT2D eigenvalue weighted by Crippen LogP contribution is -2.30. The van der Waals surface area contributed by atoms with Gasteiger partial charge in [0, 0.05) is 17.6 Å². The number of nitrogens with zero attached hydrogens (tertiary/aromatic N) is 2. The zero-order chi connectivity index (χ0) is 19.7. The highest BCUT2D eigenvalue weighted by atomic mass is 16.5. The average molecular weight is 373 g/mol. The standard InChI is InChI=1S/C22H19N3O3/c1-14-6-5-9-20-24-19(13-25(14)20)22(27)28-15(2)21(26)23-18-11-10-16-7-3-4-8-17(16)12-18/h3-13,15H,1-2H3,(H,23,26)/t15-/m1/s1. The highest BCUT2D eigenvalue weighted by molar-refractivity contribution is 5.98. The number of benzene rings is 2. The molecule has 140 valence electrons. The number of aromatic nitrogens is 2. The Labute approximate surface area is 161 Å². The van der Waals surface area contributed by atoms with E-state index in [0.29, 0.717) is 11.3 Å². The molecule has 2 aromatic carbocycles. The van der Waals surface area contributed by atoms with Crippen molar-refractivity contribution in [3.05, 3.63) is 78.2 Å². The molecule has 0 aliphatic carbocycles. The molecular weight excluding hydrogens is 354 g/mol. The molecule has 0 unspecified atom stereocenters. The number of nitrogens with one attached hydrogen (secondary N) is 1. The Bertz CT molecular complexity index is 1200. The molecule has 1 N–H and O–H groups in total. The molecule has 4 aromatic rings. The number of pyridine rings is 1. The number of rotatable bonds is 4. The summed E-state index contributed by atoms with van der Waals surface area (Å²) in [6.45, 7) is 3.46. The van der Waals surface area contributed by atoms with Gasteiger partial charge in [-0.3, -0.25) is 4.79 Å². The first kappa shape index (κ1) is 17.7. The molecule has 28 heavy (non-hydrogen) atoms. The summed E-state index contributed by atoms with van der Waals surface area (Å²) in [5.74, 6) is -1.03. The van der Waals surface area contributed by atoms with Gasteiger partial charge in [0.15, 0.2) is 11.8 Å². The van der Waals surface area contributed by atoms with Gasteiger partial charge in [0.05, 0.1) is 0 Å². The maximum Gasteiger partial charge on any atom is 0.359 e. The maximum absolute atomic E-state index is 12.4. The largest absolute Gasteiger partial charge is 0.448 e. The second-order valence-corrected chi connectivity index (χ2v) is 6.62. The maximum atomic E-state index is 12.4. The molecule has 0 spiro atoms. The summed E-state index contributed by atoms with van der Waals surface area (Å²) < 4.78 is 7.10. The molecule has 0 bridgehead atoms. The molecule has 4 rings (SSSR count). The fraction of sp³-hybridized carbons (Fsp3) is 0.136. The quantitative estimate of drug-likeness (QED) is 0.549. The Hall–Kier alpha value is -3.67. The number of fused-ring (bicyclic) bond motifs is 2. The Morgan fingerprint density at radius 1 is 1.04 bits per heavy atom. The number of carbonyl (C=O) groups excluding carboxylic acids is 2. The third-order valence-electron chi connectivity index (χ3n) is 4.58. The molecule has 1 amide bonds. The van der Waals surface area contributed by atoms with E-state index >= 15 is 0 Å². The van der Waals surface area contributed by atoms with E-state index in [1.54, 1.807) is 16.7 Å². The normalized spacial score (nSPS) is 12.1. The number of imidazole rings is 1. The van der Waals surface area contributed by atoms with Crippen molar-refractivity contribution >= 4 is 34.0 Å². The van der Waals surface area contributed by atoms with Crippen molar-refractivity contribution in [3.8, 4) is 0 Å². The molecule has 6 nitrogen and oxygen atoms in total. The van der Waals surface area contributed by atoms with Crippen molar-refractivity contribution in [1.82, 2.24) is 9.38 Å². The molecule has 2 heterocycles. The number of aryl methyl sites for hydroxylation is 1. The van der Waals surface area contributed by atoms with Crippen LogP contribution in [0, 0.1) is 6.92 Å². The number of amides is 1.